The van der Waals surface area contributed by atoms with Gasteiger partial charge in [0.15, 0.2) is 12.4 Å². The third kappa shape index (κ3) is 30.6. The molecule has 0 radical (unpaired) electrons. The predicted molar refractivity (Wildman–Crippen MR) is 229 cm³/mol. The van der Waals surface area contributed by atoms with Crippen molar-refractivity contribution in [3.63, 3.8) is 0 Å². The average Bonchev–Trinajstić information content (AvgIpc) is 3.18. The molecule has 1 aliphatic heterocycles. The largest absolute Gasteiger partial charge is 0.462 e. The van der Waals surface area contributed by atoms with E-state index < -0.39 is 71.2 Å². The molecule has 1 rings (SSSR count). The number of ether oxygens (including phenoxy) is 4. The maximum atomic E-state index is 12.8. The van der Waals surface area contributed by atoms with Crippen molar-refractivity contribution in [2.45, 2.75) is 256 Å². The van der Waals surface area contributed by atoms with Crippen LogP contribution in [0.1, 0.15) is 219 Å². The minimum atomic E-state index is -4.60. The molecule has 0 spiro atoms. The van der Waals surface area contributed by atoms with Gasteiger partial charge in [-0.15, -0.1) is 0 Å². The van der Waals surface area contributed by atoms with Crippen molar-refractivity contribution in [2.75, 3.05) is 19.0 Å². The summed E-state index contributed by atoms with van der Waals surface area (Å²) < 4.78 is 54.1. The molecule has 0 amide bonds. The molecule has 1 fully saturated rings. The number of hydrogen-bond acceptors (Lipinski definition) is 11. The summed E-state index contributed by atoms with van der Waals surface area (Å²) >= 11 is 0. The zero-order chi connectivity index (χ0) is 42.7. The standard InChI is InChI=1S/C45H86O12S/c1-3-5-7-9-11-13-15-17-18-19-20-21-22-24-25-27-29-31-33-40(46)54-35-38(36-55-45-44(50)43(49)42(48)39(57-45)37-58(51,52)53)56-41(47)34-32-30-28-26-23-16-14-12-10-8-6-4-2/h38-39,42-45,48-50H,3-37H2,1-2H3,(H,51,52,53)/t38-,39-,42-,43?,44?,45+/m1/s1. The molecule has 0 saturated carbocycles. The summed E-state index contributed by atoms with van der Waals surface area (Å²) in [6.07, 6.45) is 27.2. The quantitative estimate of drug-likeness (QED) is 0.0260. The number of hydrogen-bond donors (Lipinski definition) is 4. The highest BCUT2D eigenvalue weighted by Crippen LogP contribution is 2.24. The molecule has 0 aromatic carbocycles. The number of carbonyl (C=O) groups excluding carboxylic acids is 2. The van der Waals surface area contributed by atoms with Gasteiger partial charge in [-0.25, -0.2) is 0 Å². The number of unbranched alkanes of at least 4 members (excludes halogenated alkanes) is 28. The Bertz CT molecular complexity index is 1090. The molecule has 4 N–H and O–H groups in total. The molecule has 12 nitrogen and oxygen atoms in total. The van der Waals surface area contributed by atoms with Crippen LogP contribution in [0.15, 0.2) is 0 Å². The fraction of sp³-hybridized carbons (Fsp3) is 0.956. The first-order valence-electron chi connectivity index (χ1n) is 23.6. The van der Waals surface area contributed by atoms with Crippen molar-refractivity contribution in [3.8, 4) is 0 Å². The Kier molecular flexibility index (Phi) is 34.2. The van der Waals surface area contributed by atoms with Gasteiger partial charge in [-0.05, 0) is 12.8 Å². The highest BCUT2D eigenvalue weighted by molar-refractivity contribution is 7.85. The molecule has 1 aliphatic rings. The molecule has 344 valence electrons. The fourth-order valence-electron chi connectivity index (χ4n) is 7.50. The zero-order valence-corrected chi connectivity index (χ0v) is 37.5. The molecule has 0 aromatic heterocycles. The number of aliphatic hydroxyl groups excluding tert-OH is 3. The van der Waals surface area contributed by atoms with Gasteiger partial charge in [0.1, 0.15) is 36.8 Å². The molecule has 1 heterocycles. The van der Waals surface area contributed by atoms with Crippen LogP contribution in [0, 0.1) is 0 Å². The average molecular weight is 851 g/mol. The summed E-state index contributed by atoms with van der Waals surface area (Å²) in [7, 11) is -4.60. The van der Waals surface area contributed by atoms with Crippen molar-refractivity contribution >= 4 is 22.1 Å². The van der Waals surface area contributed by atoms with Crippen LogP contribution in [-0.4, -0.2) is 96.0 Å². The molecule has 2 unspecified atom stereocenters. The second-order valence-electron chi connectivity index (χ2n) is 16.8. The third-order valence-corrected chi connectivity index (χ3v) is 11.9. The maximum Gasteiger partial charge on any atom is 0.306 e. The molecule has 6 atom stereocenters. The number of aliphatic hydroxyl groups is 3. The van der Waals surface area contributed by atoms with Crippen molar-refractivity contribution < 1.29 is 56.8 Å². The van der Waals surface area contributed by atoms with Gasteiger partial charge in [0, 0.05) is 12.8 Å². The molecular formula is C45H86O12S. The topological polar surface area (TPSA) is 186 Å². The van der Waals surface area contributed by atoms with E-state index in [0.29, 0.717) is 12.8 Å². The lowest BCUT2D eigenvalue weighted by Crippen LogP contribution is -2.60. The Morgan fingerprint density at radius 3 is 1.26 bits per heavy atom. The Morgan fingerprint density at radius 1 is 0.517 bits per heavy atom. The van der Waals surface area contributed by atoms with Gasteiger partial charge in [0.05, 0.1) is 6.61 Å². The number of carbonyl (C=O) groups is 2. The molecule has 0 aliphatic carbocycles. The Balaban J connectivity index is 2.38. The monoisotopic (exact) mass is 851 g/mol. The van der Waals surface area contributed by atoms with Crippen LogP contribution in [0.25, 0.3) is 0 Å². The van der Waals surface area contributed by atoms with E-state index in [1.165, 1.54) is 141 Å². The van der Waals surface area contributed by atoms with Crippen molar-refractivity contribution in [1.82, 2.24) is 0 Å². The van der Waals surface area contributed by atoms with Gasteiger partial charge in [-0.3, -0.25) is 14.1 Å². The Hall–Kier alpha value is -1.35. The van der Waals surface area contributed by atoms with Crippen LogP contribution in [0.5, 0.6) is 0 Å². The highest BCUT2D eigenvalue weighted by Gasteiger charge is 2.46. The first kappa shape index (κ1) is 54.7. The Labute approximate surface area is 353 Å². The summed E-state index contributed by atoms with van der Waals surface area (Å²) in [4.78, 5) is 25.4. The van der Waals surface area contributed by atoms with Gasteiger partial charge < -0.3 is 34.3 Å². The minimum Gasteiger partial charge on any atom is -0.462 e. The van der Waals surface area contributed by atoms with E-state index in [-0.39, 0.29) is 19.4 Å². The van der Waals surface area contributed by atoms with Crippen LogP contribution in [0.4, 0.5) is 0 Å². The van der Waals surface area contributed by atoms with Gasteiger partial charge in [-0.1, -0.05) is 194 Å². The van der Waals surface area contributed by atoms with E-state index >= 15 is 0 Å². The summed E-state index contributed by atoms with van der Waals surface area (Å²) in [6, 6.07) is 0. The lowest BCUT2D eigenvalue weighted by atomic mass is 10.00. The highest BCUT2D eigenvalue weighted by atomic mass is 32.2. The number of esters is 2. The summed E-state index contributed by atoms with van der Waals surface area (Å²) in [6.45, 7) is 3.78. The second-order valence-corrected chi connectivity index (χ2v) is 18.3. The van der Waals surface area contributed by atoms with E-state index in [2.05, 4.69) is 13.8 Å². The number of rotatable bonds is 40. The van der Waals surface area contributed by atoms with Gasteiger partial charge in [-0.2, -0.15) is 8.42 Å². The normalized spacial score (nSPS) is 20.3. The molecule has 58 heavy (non-hydrogen) atoms. The predicted octanol–water partition coefficient (Wildman–Crippen LogP) is 9.68. The smallest absolute Gasteiger partial charge is 0.306 e. The minimum absolute atomic E-state index is 0.172. The zero-order valence-electron chi connectivity index (χ0n) is 36.7. The summed E-state index contributed by atoms with van der Waals surface area (Å²) in [5.74, 6) is -1.96. The van der Waals surface area contributed by atoms with Crippen molar-refractivity contribution in [3.05, 3.63) is 0 Å². The summed E-state index contributed by atoms with van der Waals surface area (Å²) in [5, 5.41) is 30.9. The van der Waals surface area contributed by atoms with E-state index in [1.807, 2.05) is 0 Å². The third-order valence-electron chi connectivity index (χ3n) is 11.2. The van der Waals surface area contributed by atoms with E-state index in [1.54, 1.807) is 0 Å². The molecule has 0 aromatic rings. The SMILES string of the molecule is CCCCCCCCCCCCCCCCCCCCC(=O)OC[C@H](CO[C@H]1O[C@H](CS(=O)(=O)O)[C@@H](O)C(O)C1O)OC(=O)CCCCCCCCCCCCCC. The second kappa shape index (κ2) is 36.3. The van der Waals surface area contributed by atoms with E-state index in [4.69, 9.17) is 18.9 Å². The van der Waals surface area contributed by atoms with E-state index in [9.17, 15) is 37.9 Å². The molecule has 1 saturated heterocycles. The fourth-order valence-corrected chi connectivity index (χ4v) is 8.19. The van der Waals surface area contributed by atoms with Crippen LogP contribution in [-0.2, 0) is 38.7 Å². The van der Waals surface area contributed by atoms with Gasteiger partial charge >= 0.3 is 11.9 Å². The van der Waals surface area contributed by atoms with E-state index in [0.717, 1.165) is 38.5 Å². The summed E-state index contributed by atoms with van der Waals surface area (Å²) in [5.41, 5.74) is 0. The van der Waals surface area contributed by atoms with Gasteiger partial charge in [0.25, 0.3) is 10.1 Å². The van der Waals surface area contributed by atoms with Crippen LogP contribution in [0.3, 0.4) is 0 Å². The molecule has 0 bridgehead atoms. The van der Waals surface area contributed by atoms with Crippen molar-refractivity contribution in [1.29, 1.82) is 0 Å². The van der Waals surface area contributed by atoms with Crippen LogP contribution >= 0.6 is 0 Å². The lowest BCUT2D eigenvalue weighted by molar-refractivity contribution is -0.297. The molecular weight excluding hydrogens is 765 g/mol. The lowest BCUT2D eigenvalue weighted by Gasteiger charge is -2.40. The maximum absolute atomic E-state index is 12.8. The van der Waals surface area contributed by atoms with Crippen LogP contribution in [0.2, 0.25) is 0 Å². The first-order chi connectivity index (χ1) is 28.0. The first-order valence-corrected chi connectivity index (χ1v) is 25.2. The van der Waals surface area contributed by atoms with Crippen molar-refractivity contribution in [2.24, 2.45) is 0 Å². The van der Waals surface area contributed by atoms with Crippen LogP contribution < -0.4 is 0 Å². The Morgan fingerprint density at radius 2 is 0.879 bits per heavy atom. The van der Waals surface area contributed by atoms with Gasteiger partial charge in [0.2, 0.25) is 0 Å². The molecule has 13 heteroatoms.